The first-order valence-electron chi connectivity index (χ1n) is 16.5. The Bertz CT molecular complexity index is 1010. The average molecular weight is 553 g/mol. The van der Waals surface area contributed by atoms with E-state index < -0.39 is 0 Å². The molecule has 0 bridgehead atoms. The number of ether oxygens (including phenoxy) is 1. The summed E-state index contributed by atoms with van der Waals surface area (Å²) in [6.07, 6.45) is 12.5. The third-order valence-electron chi connectivity index (χ3n) is 12.2. The molecular formula is C35H56N2O3. The number of Topliss-reactive ketones (excluding diaryl/α,β-unsaturated/α-hetero) is 1. The molecule has 40 heavy (non-hydrogen) atoms. The number of rotatable bonds is 11. The zero-order valence-corrected chi connectivity index (χ0v) is 26.0. The minimum atomic E-state index is -0.208. The molecule has 0 aliphatic heterocycles. The number of carbonyl (C=O) groups excluding carboxylic acids is 1. The number of carbonyl (C=O) groups is 1. The molecule has 1 aromatic carbocycles. The van der Waals surface area contributed by atoms with Crippen LogP contribution in [-0.2, 0) is 4.79 Å². The van der Waals surface area contributed by atoms with Gasteiger partial charge in [0.05, 0.1) is 12.7 Å². The molecule has 5 unspecified atom stereocenters. The molecule has 4 saturated carbocycles. The van der Waals surface area contributed by atoms with Crippen molar-refractivity contribution >= 4 is 5.78 Å². The summed E-state index contributed by atoms with van der Waals surface area (Å²) in [4.78, 5) is 14.5. The number of hydrogen-bond acceptors (Lipinski definition) is 5. The monoisotopic (exact) mass is 552 g/mol. The minimum absolute atomic E-state index is 0.00303. The van der Waals surface area contributed by atoms with E-state index in [1.54, 1.807) is 0 Å². The largest absolute Gasteiger partial charge is 0.494 e. The van der Waals surface area contributed by atoms with Crippen LogP contribution in [0.15, 0.2) is 24.3 Å². The van der Waals surface area contributed by atoms with Crippen molar-refractivity contribution in [2.24, 2.45) is 34.5 Å². The van der Waals surface area contributed by atoms with Gasteiger partial charge in [-0.05, 0) is 125 Å². The first-order chi connectivity index (χ1) is 19.2. The van der Waals surface area contributed by atoms with Crippen molar-refractivity contribution in [2.45, 2.75) is 116 Å². The van der Waals surface area contributed by atoms with Crippen molar-refractivity contribution in [3.8, 4) is 5.75 Å². The molecular weight excluding hydrogens is 496 g/mol. The lowest BCUT2D eigenvalue weighted by Crippen LogP contribution is -2.55. The van der Waals surface area contributed by atoms with Crippen molar-refractivity contribution in [1.82, 2.24) is 10.2 Å². The van der Waals surface area contributed by atoms with Gasteiger partial charge in [-0.1, -0.05) is 32.9 Å². The summed E-state index contributed by atoms with van der Waals surface area (Å²) in [6.45, 7) is 8.64. The first kappa shape index (κ1) is 30.0. The van der Waals surface area contributed by atoms with Crippen molar-refractivity contribution in [3.63, 3.8) is 0 Å². The van der Waals surface area contributed by atoms with E-state index in [9.17, 15) is 9.90 Å². The Hall–Kier alpha value is -1.43. The normalized spacial score (nSPS) is 36.3. The lowest BCUT2D eigenvalue weighted by atomic mass is 9.44. The molecule has 4 aliphatic carbocycles. The highest BCUT2D eigenvalue weighted by Gasteiger charge is 2.61. The van der Waals surface area contributed by atoms with E-state index in [4.69, 9.17) is 4.74 Å². The molecule has 224 valence electrons. The highest BCUT2D eigenvalue weighted by Crippen LogP contribution is 2.66. The van der Waals surface area contributed by atoms with E-state index in [0.717, 1.165) is 76.0 Å². The Labute approximate surface area is 243 Å². The average Bonchev–Trinajstić information content (AvgIpc) is 3.27. The van der Waals surface area contributed by atoms with Gasteiger partial charge in [0.15, 0.2) is 0 Å². The smallest absolute Gasteiger partial charge is 0.133 e. The van der Waals surface area contributed by atoms with Gasteiger partial charge in [-0.15, -0.1) is 0 Å². The number of nitrogens with zero attached hydrogens (tertiary/aromatic N) is 1. The van der Waals surface area contributed by atoms with Gasteiger partial charge in [0, 0.05) is 36.9 Å². The maximum atomic E-state index is 12.3. The summed E-state index contributed by atoms with van der Waals surface area (Å²) in [7, 11) is 4.28. The van der Waals surface area contributed by atoms with Crippen LogP contribution in [0.3, 0.4) is 0 Å². The number of nitrogens with one attached hydrogen (secondary N) is 1. The zero-order valence-electron chi connectivity index (χ0n) is 26.0. The summed E-state index contributed by atoms with van der Waals surface area (Å²) in [5, 5.41) is 15.3. The number of hydrogen-bond donors (Lipinski definition) is 2. The fourth-order valence-corrected chi connectivity index (χ4v) is 9.91. The molecule has 0 saturated heterocycles. The Kier molecular flexibility index (Phi) is 9.34. The summed E-state index contributed by atoms with van der Waals surface area (Å²) in [5.41, 5.74) is 1.60. The fourth-order valence-electron chi connectivity index (χ4n) is 9.91. The lowest BCUT2D eigenvalue weighted by Gasteiger charge is -2.60. The molecule has 0 aromatic heterocycles. The fraction of sp³-hybridized carbons (Fsp3) is 0.800. The van der Waals surface area contributed by atoms with Gasteiger partial charge in [-0.3, -0.25) is 4.79 Å². The predicted molar refractivity (Wildman–Crippen MR) is 162 cm³/mol. The van der Waals surface area contributed by atoms with Crippen molar-refractivity contribution < 1.29 is 14.6 Å². The molecule has 2 N–H and O–H groups in total. The zero-order chi connectivity index (χ0) is 28.5. The topological polar surface area (TPSA) is 61.8 Å². The third kappa shape index (κ3) is 5.77. The molecule has 0 heterocycles. The molecule has 5 nitrogen and oxygen atoms in total. The summed E-state index contributed by atoms with van der Waals surface area (Å²) < 4.78 is 6.48. The Morgan fingerprint density at radius 2 is 1.88 bits per heavy atom. The molecule has 0 radical (unpaired) electrons. The van der Waals surface area contributed by atoms with Crippen LogP contribution in [0.4, 0.5) is 0 Å². The molecule has 8 atom stereocenters. The van der Waals surface area contributed by atoms with Crippen LogP contribution in [0.2, 0.25) is 0 Å². The number of aliphatic hydroxyl groups is 1. The van der Waals surface area contributed by atoms with Gasteiger partial charge in [-0.2, -0.15) is 0 Å². The molecule has 4 aliphatic rings. The van der Waals surface area contributed by atoms with Crippen LogP contribution in [0, 0.1) is 34.5 Å². The standard InChI is InChI=1S/C35H56N2O3/c1-6-26(7-2)36-32(23-37(4)5)24-9-8-10-28(21-24)40-20-19-35-18-16-30-29(31(35)13-14-33(35)39)12-11-25-22-27(38)15-17-34(25,30)3/h8-10,21,25-26,29-33,36,39H,6-7,11-20,22-23H2,1-5H3/t25?,29?,30?,31?,32?,33-,34-,35+/m0/s1. The van der Waals surface area contributed by atoms with E-state index in [0.29, 0.717) is 41.6 Å². The van der Waals surface area contributed by atoms with E-state index in [1.165, 1.54) is 24.8 Å². The first-order valence-corrected chi connectivity index (χ1v) is 16.5. The Balaban J connectivity index is 1.26. The van der Waals surface area contributed by atoms with Gasteiger partial charge in [0.1, 0.15) is 11.5 Å². The number of aliphatic hydroxyl groups excluding tert-OH is 1. The van der Waals surface area contributed by atoms with Crippen molar-refractivity contribution in [3.05, 3.63) is 29.8 Å². The van der Waals surface area contributed by atoms with Crippen LogP contribution < -0.4 is 10.1 Å². The van der Waals surface area contributed by atoms with Crippen LogP contribution in [0.5, 0.6) is 5.75 Å². The van der Waals surface area contributed by atoms with Gasteiger partial charge in [0.2, 0.25) is 0 Å². The highest BCUT2D eigenvalue weighted by atomic mass is 16.5. The second kappa shape index (κ2) is 12.4. The Morgan fingerprint density at radius 3 is 2.62 bits per heavy atom. The predicted octanol–water partition coefficient (Wildman–Crippen LogP) is 6.79. The number of ketones is 1. The Morgan fingerprint density at radius 1 is 1.07 bits per heavy atom. The van der Waals surface area contributed by atoms with Crippen LogP contribution in [-0.4, -0.2) is 55.2 Å². The number of benzene rings is 1. The van der Waals surface area contributed by atoms with E-state index in [2.05, 4.69) is 69.3 Å². The van der Waals surface area contributed by atoms with E-state index >= 15 is 0 Å². The van der Waals surface area contributed by atoms with Crippen molar-refractivity contribution in [2.75, 3.05) is 27.2 Å². The quantitative estimate of drug-likeness (QED) is 0.317. The van der Waals surface area contributed by atoms with Gasteiger partial charge in [0.25, 0.3) is 0 Å². The highest BCUT2D eigenvalue weighted by molar-refractivity contribution is 5.79. The SMILES string of the molecule is CCC(CC)NC(CN(C)C)c1cccc(OCC[C@]23CCC4C(CCC5CC(=O)CC[C@@]54C)C2CC[C@@H]3O)c1. The summed E-state index contributed by atoms with van der Waals surface area (Å²) >= 11 is 0. The molecule has 1 aromatic rings. The second-order valence-electron chi connectivity index (χ2n) is 14.4. The molecule has 5 heteroatoms. The van der Waals surface area contributed by atoms with Gasteiger partial charge < -0.3 is 20.1 Å². The van der Waals surface area contributed by atoms with Crippen molar-refractivity contribution in [1.29, 1.82) is 0 Å². The summed E-state index contributed by atoms with van der Waals surface area (Å²) in [6, 6.07) is 9.46. The molecule has 5 rings (SSSR count). The van der Waals surface area contributed by atoms with Crippen LogP contribution >= 0.6 is 0 Å². The number of fused-ring (bicyclic) bond motifs is 5. The third-order valence-corrected chi connectivity index (χ3v) is 12.2. The summed E-state index contributed by atoms with van der Waals surface area (Å²) in [5.74, 6) is 4.04. The molecule has 0 spiro atoms. The molecule has 0 amide bonds. The van der Waals surface area contributed by atoms with Gasteiger partial charge >= 0.3 is 0 Å². The van der Waals surface area contributed by atoms with Gasteiger partial charge in [-0.25, -0.2) is 0 Å². The van der Waals surface area contributed by atoms with E-state index in [-0.39, 0.29) is 17.6 Å². The van der Waals surface area contributed by atoms with Crippen LogP contribution in [0.1, 0.15) is 109 Å². The van der Waals surface area contributed by atoms with Crippen LogP contribution in [0.25, 0.3) is 0 Å². The minimum Gasteiger partial charge on any atom is -0.494 e. The maximum absolute atomic E-state index is 12.3. The maximum Gasteiger partial charge on any atom is 0.133 e. The second-order valence-corrected chi connectivity index (χ2v) is 14.4. The number of likely N-dealkylation sites (N-methyl/N-ethyl adjacent to an activating group) is 1. The molecule has 4 fully saturated rings. The lowest BCUT2D eigenvalue weighted by molar-refractivity contribution is -0.145. The van der Waals surface area contributed by atoms with E-state index in [1.807, 2.05) is 0 Å².